The molecule has 0 aliphatic carbocycles. The molecule has 2 aliphatic rings. The molecule has 0 radical (unpaired) electrons. The Hall–Kier alpha value is -1.10. The fourth-order valence-corrected chi connectivity index (χ4v) is 6.61. The van der Waals surface area contributed by atoms with Crippen LogP contribution in [0.25, 0.3) is 0 Å². The van der Waals surface area contributed by atoms with Crippen molar-refractivity contribution in [2.45, 2.75) is 74.4 Å². The molecule has 0 amide bonds. The lowest BCUT2D eigenvalue weighted by Crippen LogP contribution is -2.50. The molecule has 2 saturated heterocycles. The molecule has 2 heterocycles. The zero-order valence-corrected chi connectivity index (χ0v) is 23.3. The lowest BCUT2D eigenvalue weighted by atomic mass is 9.98. The molecule has 6 atom stereocenters. The van der Waals surface area contributed by atoms with E-state index in [1.165, 1.54) is 11.1 Å². The normalized spacial score (nSPS) is 27.8. The Morgan fingerprint density at radius 1 is 0.622 bits per heavy atom. The van der Waals surface area contributed by atoms with Gasteiger partial charge < -0.3 is 31.1 Å². The first kappa shape index (κ1) is 30.4. The van der Waals surface area contributed by atoms with Gasteiger partial charge in [0.1, 0.15) is 0 Å². The number of β-amino-alcohol motifs (C(OH)–C–C–N with tert-alkyl or cyclic N) is 2. The van der Waals surface area contributed by atoms with Crippen molar-refractivity contribution in [1.29, 1.82) is 0 Å². The van der Waals surface area contributed by atoms with Crippen molar-refractivity contribution in [3.05, 3.63) is 71.8 Å². The summed E-state index contributed by atoms with van der Waals surface area (Å²) in [6, 6.07) is 21.2. The van der Waals surface area contributed by atoms with Crippen LogP contribution in [0.3, 0.4) is 0 Å². The molecule has 6 N–H and O–H groups in total. The highest BCUT2D eigenvalue weighted by molar-refractivity contribution is 7.99. The zero-order chi connectivity index (χ0) is 26.3. The Labute approximate surface area is 230 Å². The van der Waals surface area contributed by atoms with Crippen LogP contribution >= 0.6 is 23.5 Å². The maximum Gasteiger partial charge on any atom is 0.0718 e. The van der Waals surface area contributed by atoms with E-state index in [0.29, 0.717) is 25.9 Å². The second-order valence-electron chi connectivity index (χ2n) is 9.91. The quantitative estimate of drug-likeness (QED) is 0.238. The van der Waals surface area contributed by atoms with Gasteiger partial charge in [-0.15, -0.1) is 0 Å². The number of aliphatic hydroxyl groups excluding tert-OH is 4. The molecule has 0 bridgehead atoms. The van der Waals surface area contributed by atoms with E-state index >= 15 is 0 Å². The summed E-state index contributed by atoms with van der Waals surface area (Å²) in [6.45, 7) is 1.21. The average Bonchev–Trinajstić information content (AvgIpc) is 2.90. The average molecular weight is 549 g/mol. The van der Waals surface area contributed by atoms with E-state index in [0.717, 1.165) is 42.3 Å². The highest BCUT2D eigenvalue weighted by Crippen LogP contribution is 2.18. The van der Waals surface area contributed by atoms with Crippen LogP contribution < -0.4 is 10.6 Å². The van der Waals surface area contributed by atoms with Crippen molar-refractivity contribution < 1.29 is 20.4 Å². The summed E-state index contributed by atoms with van der Waals surface area (Å²) in [6.07, 6.45) is 2.42. The van der Waals surface area contributed by atoms with E-state index in [1.54, 1.807) is 0 Å². The van der Waals surface area contributed by atoms with Gasteiger partial charge in [0, 0.05) is 43.8 Å². The Morgan fingerprint density at radius 3 is 1.62 bits per heavy atom. The smallest absolute Gasteiger partial charge is 0.0718 e. The number of benzene rings is 2. The predicted molar refractivity (Wildman–Crippen MR) is 156 cm³/mol. The summed E-state index contributed by atoms with van der Waals surface area (Å²) in [5.41, 5.74) is 2.73. The molecule has 37 heavy (non-hydrogen) atoms. The van der Waals surface area contributed by atoms with Crippen LogP contribution in [0.2, 0.25) is 0 Å². The Balaban J connectivity index is 0.000000206. The summed E-state index contributed by atoms with van der Waals surface area (Å²) in [4.78, 5) is 0. The van der Waals surface area contributed by atoms with Crippen LogP contribution in [0.4, 0.5) is 0 Å². The van der Waals surface area contributed by atoms with Crippen molar-refractivity contribution in [3.8, 4) is 0 Å². The molecule has 2 fully saturated rings. The number of aliphatic hydroxyl groups is 4. The maximum absolute atomic E-state index is 9.84. The summed E-state index contributed by atoms with van der Waals surface area (Å²) in [5.74, 6) is 4.22. The van der Waals surface area contributed by atoms with Gasteiger partial charge >= 0.3 is 0 Å². The van der Waals surface area contributed by atoms with E-state index in [2.05, 4.69) is 59.2 Å². The minimum atomic E-state index is -0.411. The van der Waals surface area contributed by atoms with Crippen LogP contribution in [0.1, 0.15) is 36.8 Å². The Bertz CT molecular complexity index is 848. The second-order valence-corrected chi connectivity index (χ2v) is 12.2. The number of nitrogens with one attached hydrogen (secondary N) is 2. The van der Waals surface area contributed by atoms with E-state index in [-0.39, 0.29) is 12.1 Å². The van der Waals surface area contributed by atoms with Gasteiger partial charge in [-0.05, 0) is 47.6 Å². The number of thioether (sulfide) groups is 2. The van der Waals surface area contributed by atoms with Crippen molar-refractivity contribution in [2.24, 2.45) is 0 Å². The van der Waals surface area contributed by atoms with Gasteiger partial charge in [0.15, 0.2) is 0 Å². The fraction of sp³-hybridized carbons (Fsp3) is 0.586. The van der Waals surface area contributed by atoms with Gasteiger partial charge in [-0.3, -0.25) is 0 Å². The third-order valence-corrected chi connectivity index (χ3v) is 8.90. The number of rotatable bonds is 11. The summed E-state index contributed by atoms with van der Waals surface area (Å²) in [7, 11) is 0. The van der Waals surface area contributed by atoms with Crippen molar-refractivity contribution in [2.75, 3.05) is 30.3 Å². The first-order valence-electron chi connectivity index (χ1n) is 13.4. The van der Waals surface area contributed by atoms with Crippen LogP contribution in [0.5, 0.6) is 0 Å². The molecule has 2 aromatic carbocycles. The Morgan fingerprint density at radius 2 is 1.11 bits per heavy atom. The van der Waals surface area contributed by atoms with Crippen LogP contribution in [0.15, 0.2) is 60.7 Å². The second kappa shape index (κ2) is 17.5. The third-order valence-electron chi connectivity index (χ3n) is 6.82. The number of hydrogen-bond acceptors (Lipinski definition) is 8. The van der Waals surface area contributed by atoms with Crippen molar-refractivity contribution >= 4 is 23.5 Å². The maximum atomic E-state index is 9.84. The van der Waals surface area contributed by atoms with Crippen LogP contribution in [-0.2, 0) is 12.2 Å². The monoisotopic (exact) mass is 548 g/mol. The topological polar surface area (TPSA) is 105 Å². The van der Waals surface area contributed by atoms with E-state index < -0.39 is 24.4 Å². The minimum absolute atomic E-state index is 0.136. The molecule has 8 heteroatoms. The summed E-state index contributed by atoms with van der Waals surface area (Å²) in [5, 5.41) is 44.9. The lowest BCUT2D eigenvalue weighted by molar-refractivity contribution is 0.0218. The lowest BCUT2D eigenvalue weighted by Gasteiger charge is -2.31. The van der Waals surface area contributed by atoms with Gasteiger partial charge in [0.25, 0.3) is 0 Å². The van der Waals surface area contributed by atoms with Crippen molar-refractivity contribution in [1.82, 2.24) is 10.6 Å². The number of hydrogen-bond donors (Lipinski definition) is 6. The van der Waals surface area contributed by atoms with E-state index in [9.17, 15) is 20.4 Å². The predicted octanol–water partition coefficient (Wildman–Crippen LogP) is 2.83. The first-order valence-corrected chi connectivity index (χ1v) is 15.7. The standard InChI is InChI=1S/C15H23NO2S.C14H21NO2S/c17-13-10-15(18)14(16-11-13)7-9-19-8-6-12-4-2-1-3-5-12;16-12-8-14(17)13(15-9-12)6-7-18-10-11-4-2-1-3-5-11/h1-5,13-18H,6-11H2;1-5,12-17H,6-10H2/t;12?,13-,14?/m.1/s1. The fourth-order valence-electron chi connectivity index (χ4n) is 4.61. The largest absolute Gasteiger partial charge is 0.392 e. The molecule has 2 aromatic rings. The van der Waals surface area contributed by atoms with E-state index in [4.69, 9.17) is 0 Å². The minimum Gasteiger partial charge on any atom is -0.392 e. The van der Waals surface area contributed by atoms with Gasteiger partial charge in [0.05, 0.1) is 24.4 Å². The molecule has 4 rings (SSSR count). The summed E-state index contributed by atoms with van der Waals surface area (Å²) < 4.78 is 0. The third kappa shape index (κ3) is 12.1. The molecule has 6 nitrogen and oxygen atoms in total. The van der Waals surface area contributed by atoms with Gasteiger partial charge in [-0.2, -0.15) is 23.5 Å². The molecular weight excluding hydrogens is 504 g/mol. The van der Waals surface area contributed by atoms with E-state index in [1.807, 2.05) is 35.7 Å². The molecule has 2 aliphatic heterocycles. The highest BCUT2D eigenvalue weighted by atomic mass is 32.2. The molecule has 5 unspecified atom stereocenters. The zero-order valence-electron chi connectivity index (χ0n) is 21.6. The SMILES string of the molecule is OC1CNC(CCSCCc2ccccc2)C(O)C1.OC1CN[C@H](CCSCc2ccccc2)C(O)C1. The first-order chi connectivity index (χ1) is 18.0. The van der Waals surface area contributed by atoms with Crippen LogP contribution in [0, 0.1) is 0 Å². The number of aryl methyl sites for hydroxylation is 1. The molecular formula is C29H44N2O4S2. The molecule has 206 valence electrons. The van der Waals surface area contributed by atoms with Crippen LogP contribution in [-0.4, -0.2) is 87.3 Å². The van der Waals surface area contributed by atoms with Gasteiger partial charge in [0.2, 0.25) is 0 Å². The van der Waals surface area contributed by atoms with Crippen molar-refractivity contribution in [3.63, 3.8) is 0 Å². The molecule has 0 spiro atoms. The van der Waals surface area contributed by atoms with Gasteiger partial charge in [-0.25, -0.2) is 0 Å². The highest BCUT2D eigenvalue weighted by Gasteiger charge is 2.27. The molecule has 0 aromatic heterocycles. The van der Waals surface area contributed by atoms with Gasteiger partial charge in [-0.1, -0.05) is 60.7 Å². The Kier molecular flexibility index (Phi) is 14.4. The molecule has 0 saturated carbocycles. The summed E-state index contributed by atoms with van der Waals surface area (Å²) >= 11 is 3.82. The number of piperidine rings is 2.